The van der Waals surface area contributed by atoms with E-state index in [1.165, 1.54) is 12.7 Å². The molecule has 4 heteroatoms. The van der Waals surface area contributed by atoms with Crippen LogP contribution >= 0.6 is 0 Å². The first-order valence-electron chi connectivity index (χ1n) is 6.50. The first-order chi connectivity index (χ1) is 8.97. The van der Waals surface area contributed by atoms with Crippen LogP contribution in [0.3, 0.4) is 0 Å². The summed E-state index contributed by atoms with van der Waals surface area (Å²) in [5.41, 5.74) is 1.23. The summed E-state index contributed by atoms with van der Waals surface area (Å²) in [7, 11) is 4.63. The molecule has 0 radical (unpaired) electrons. The van der Waals surface area contributed by atoms with Gasteiger partial charge in [0.15, 0.2) is 0 Å². The van der Waals surface area contributed by atoms with Gasteiger partial charge in [-0.3, -0.25) is 4.79 Å². The van der Waals surface area contributed by atoms with Gasteiger partial charge in [-0.05, 0) is 20.3 Å². The fourth-order valence-corrected chi connectivity index (χ4v) is 2.57. The highest BCUT2D eigenvalue weighted by Gasteiger charge is 2.43. The highest BCUT2D eigenvalue weighted by Crippen LogP contribution is 2.37. The van der Waals surface area contributed by atoms with E-state index in [9.17, 15) is 4.79 Å². The monoisotopic (exact) mass is 268 g/mol. The molecular weight excluding hydrogens is 244 g/mol. The van der Waals surface area contributed by atoms with Gasteiger partial charge < -0.3 is 14.2 Å². The van der Waals surface area contributed by atoms with Crippen LogP contribution in [0.5, 0.6) is 0 Å². The summed E-state index contributed by atoms with van der Waals surface area (Å²) >= 11 is 0. The van der Waals surface area contributed by atoms with Crippen LogP contribution in [0.1, 0.15) is 27.2 Å². The molecule has 3 atom stereocenters. The molecule has 108 valence electrons. The van der Waals surface area contributed by atoms with Gasteiger partial charge in [0.1, 0.15) is 11.9 Å². The van der Waals surface area contributed by atoms with Gasteiger partial charge in [0, 0.05) is 18.9 Å². The van der Waals surface area contributed by atoms with Gasteiger partial charge in [0.25, 0.3) is 0 Å². The van der Waals surface area contributed by atoms with Gasteiger partial charge in [-0.25, -0.2) is 0 Å². The Morgan fingerprint density at radius 2 is 1.84 bits per heavy atom. The SMILES string of the molecule is COC1=C(OC)C(C)C(CC=C(C)C)C(OC)C1=O. The highest BCUT2D eigenvalue weighted by molar-refractivity contribution is 5.98. The number of Topliss-reactive ketones (excluding diaryl/α,β-unsaturated/α-hetero) is 1. The molecule has 0 bridgehead atoms. The molecule has 3 unspecified atom stereocenters. The molecule has 0 heterocycles. The Kier molecular flexibility index (Phi) is 5.60. The third-order valence-electron chi connectivity index (χ3n) is 3.63. The number of hydrogen-bond donors (Lipinski definition) is 0. The Hall–Kier alpha value is -1.29. The number of ketones is 1. The summed E-state index contributed by atoms with van der Waals surface area (Å²) in [6.07, 6.45) is 2.45. The van der Waals surface area contributed by atoms with Crippen molar-refractivity contribution < 1.29 is 19.0 Å². The number of hydrogen-bond acceptors (Lipinski definition) is 4. The number of carbonyl (C=O) groups excluding carboxylic acids is 1. The average molecular weight is 268 g/mol. The van der Waals surface area contributed by atoms with Crippen molar-refractivity contribution in [2.75, 3.05) is 21.3 Å². The molecule has 1 aliphatic carbocycles. The smallest absolute Gasteiger partial charge is 0.229 e. The number of ether oxygens (including phenoxy) is 3. The van der Waals surface area contributed by atoms with Crippen molar-refractivity contribution in [3.8, 4) is 0 Å². The fourth-order valence-electron chi connectivity index (χ4n) is 2.57. The lowest BCUT2D eigenvalue weighted by Gasteiger charge is -2.35. The molecular formula is C15H24O4. The quantitative estimate of drug-likeness (QED) is 0.719. The fraction of sp³-hybridized carbons (Fsp3) is 0.667. The van der Waals surface area contributed by atoms with Crippen LogP contribution in [0.25, 0.3) is 0 Å². The van der Waals surface area contributed by atoms with Crippen molar-refractivity contribution in [2.24, 2.45) is 11.8 Å². The van der Waals surface area contributed by atoms with E-state index >= 15 is 0 Å². The van der Waals surface area contributed by atoms with Gasteiger partial charge in [0.2, 0.25) is 11.5 Å². The van der Waals surface area contributed by atoms with Crippen LogP contribution < -0.4 is 0 Å². The molecule has 0 aliphatic heterocycles. The summed E-state index contributed by atoms with van der Waals surface area (Å²) in [6.45, 7) is 6.13. The van der Waals surface area contributed by atoms with Crippen molar-refractivity contribution in [1.29, 1.82) is 0 Å². The second kappa shape index (κ2) is 6.75. The second-order valence-corrected chi connectivity index (χ2v) is 5.09. The van der Waals surface area contributed by atoms with Crippen molar-refractivity contribution >= 4 is 5.78 Å². The minimum Gasteiger partial charge on any atom is -0.497 e. The Labute approximate surface area is 115 Å². The molecule has 0 spiro atoms. The third-order valence-corrected chi connectivity index (χ3v) is 3.63. The lowest BCUT2D eigenvalue weighted by molar-refractivity contribution is -0.135. The van der Waals surface area contributed by atoms with Crippen LogP contribution in [-0.4, -0.2) is 33.2 Å². The van der Waals surface area contributed by atoms with E-state index in [-0.39, 0.29) is 23.4 Å². The zero-order chi connectivity index (χ0) is 14.6. The minimum absolute atomic E-state index is 0.0706. The molecule has 4 nitrogen and oxygen atoms in total. The molecule has 0 amide bonds. The molecule has 0 N–H and O–H groups in total. The lowest BCUT2D eigenvalue weighted by atomic mass is 9.77. The molecule has 0 saturated carbocycles. The van der Waals surface area contributed by atoms with Gasteiger partial charge in [-0.2, -0.15) is 0 Å². The van der Waals surface area contributed by atoms with Crippen molar-refractivity contribution in [3.05, 3.63) is 23.2 Å². The molecule has 0 aromatic rings. The van der Waals surface area contributed by atoms with Crippen LogP contribution in [-0.2, 0) is 19.0 Å². The highest BCUT2D eigenvalue weighted by atomic mass is 16.5. The van der Waals surface area contributed by atoms with Gasteiger partial charge in [-0.1, -0.05) is 18.6 Å². The Balaban J connectivity index is 3.15. The largest absolute Gasteiger partial charge is 0.497 e. The normalized spacial score (nSPS) is 27.3. The average Bonchev–Trinajstić information content (AvgIpc) is 2.38. The Bertz CT molecular complexity index is 391. The lowest BCUT2D eigenvalue weighted by Crippen LogP contribution is -2.42. The van der Waals surface area contributed by atoms with Crippen LogP contribution in [0, 0.1) is 11.8 Å². The van der Waals surface area contributed by atoms with E-state index in [0.717, 1.165) is 6.42 Å². The van der Waals surface area contributed by atoms with Crippen LogP contribution in [0.2, 0.25) is 0 Å². The van der Waals surface area contributed by atoms with E-state index in [2.05, 4.69) is 6.08 Å². The molecule has 0 fully saturated rings. The van der Waals surface area contributed by atoms with E-state index in [1.54, 1.807) is 14.2 Å². The minimum atomic E-state index is -0.473. The molecule has 19 heavy (non-hydrogen) atoms. The zero-order valence-corrected chi connectivity index (χ0v) is 12.6. The standard InChI is InChI=1S/C15H24O4/c1-9(2)7-8-11-10(3)13(17-4)15(19-6)12(16)14(11)18-5/h7,10-11,14H,8H2,1-6H3. The number of rotatable bonds is 5. The number of carbonyl (C=O) groups is 1. The molecule has 0 saturated heterocycles. The number of methoxy groups -OCH3 is 3. The predicted molar refractivity (Wildman–Crippen MR) is 73.6 cm³/mol. The van der Waals surface area contributed by atoms with Gasteiger partial charge >= 0.3 is 0 Å². The van der Waals surface area contributed by atoms with Gasteiger partial charge in [-0.15, -0.1) is 0 Å². The van der Waals surface area contributed by atoms with E-state index < -0.39 is 6.10 Å². The van der Waals surface area contributed by atoms with E-state index in [0.29, 0.717) is 5.76 Å². The summed E-state index contributed by atoms with van der Waals surface area (Å²) in [4.78, 5) is 12.3. The topological polar surface area (TPSA) is 44.8 Å². The Morgan fingerprint density at radius 3 is 2.26 bits per heavy atom. The van der Waals surface area contributed by atoms with Crippen LogP contribution in [0.4, 0.5) is 0 Å². The van der Waals surface area contributed by atoms with E-state index in [4.69, 9.17) is 14.2 Å². The summed E-state index contributed by atoms with van der Waals surface area (Å²) in [5.74, 6) is 0.926. The molecule has 0 aromatic carbocycles. The Morgan fingerprint density at radius 1 is 1.21 bits per heavy atom. The van der Waals surface area contributed by atoms with Crippen molar-refractivity contribution in [3.63, 3.8) is 0 Å². The second-order valence-electron chi connectivity index (χ2n) is 5.09. The maximum absolute atomic E-state index is 12.3. The van der Waals surface area contributed by atoms with E-state index in [1.807, 2.05) is 20.8 Å². The van der Waals surface area contributed by atoms with Crippen molar-refractivity contribution in [2.45, 2.75) is 33.3 Å². The first kappa shape index (κ1) is 15.8. The summed E-state index contributed by atoms with van der Waals surface area (Å²) < 4.78 is 16.0. The maximum atomic E-state index is 12.3. The maximum Gasteiger partial charge on any atom is 0.229 e. The van der Waals surface area contributed by atoms with Crippen molar-refractivity contribution in [1.82, 2.24) is 0 Å². The zero-order valence-electron chi connectivity index (χ0n) is 12.6. The number of allylic oxidation sites excluding steroid dienone is 3. The molecule has 1 aliphatic rings. The summed E-state index contributed by atoms with van der Waals surface area (Å²) in [6, 6.07) is 0. The third kappa shape index (κ3) is 3.18. The predicted octanol–water partition coefficient (Wildman–Crippen LogP) is 2.70. The first-order valence-corrected chi connectivity index (χ1v) is 6.50. The van der Waals surface area contributed by atoms with Gasteiger partial charge in [0.05, 0.1) is 14.2 Å². The summed E-state index contributed by atoms with van der Waals surface area (Å²) in [5, 5.41) is 0. The molecule has 0 aromatic heterocycles. The van der Waals surface area contributed by atoms with Crippen LogP contribution in [0.15, 0.2) is 23.2 Å². The molecule has 1 rings (SSSR count).